The Morgan fingerprint density at radius 2 is 1.61 bits per heavy atom. The molecule has 0 aromatic rings. The standard InChI is InChI=1S/C24H34O9/c1-9-21(6)17(28)18(29)24(30)22(7)14(27)10-11-20(4,5)16(22)15(31-12(2)25)19(32-13(3)26)23(24,8)33-21/h9,14-16,19,27,30H,1,10-11H2,2-8H3/t14-,15-,16-,19-,21-,22-,23+,24-/m0/s1. The molecule has 33 heavy (non-hydrogen) atoms. The molecule has 9 heteroatoms. The average molecular weight is 467 g/mol. The first-order valence-electron chi connectivity index (χ1n) is 11.1. The summed E-state index contributed by atoms with van der Waals surface area (Å²) in [4.78, 5) is 51.3. The van der Waals surface area contributed by atoms with E-state index in [0.29, 0.717) is 6.42 Å². The highest BCUT2D eigenvalue weighted by Crippen LogP contribution is 2.67. The van der Waals surface area contributed by atoms with E-state index in [1.807, 2.05) is 13.8 Å². The summed E-state index contributed by atoms with van der Waals surface area (Å²) in [5.41, 5.74) is -8.87. The molecule has 2 N–H and O–H groups in total. The number of ether oxygens (including phenoxy) is 3. The minimum Gasteiger partial charge on any atom is -0.458 e. The molecular formula is C24H34O9. The predicted octanol–water partition coefficient (Wildman–Crippen LogP) is 1.27. The Bertz CT molecular complexity index is 925. The van der Waals surface area contributed by atoms with E-state index in [1.165, 1.54) is 27.7 Å². The van der Waals surface area contributed by atoms with Crippen molar-refractivity contribution in [2.45, 2.75) is 96.4 Å². The molecule has 2 saturated carbocycles. The third-order valence-electron chi connectivity index (χ3n) is 8.30. The Balaban J connectivity index is 2.44. The predicted molar refractivity (Wildman–Crippen MR) is 115 cm³/mol. The lowest BCUT2D eigenvalue weighted by Gasteiger charge is -2.70. The van der Waals surface area contributed by atoms with Crippen LogP contribution in [0.4, 0.5) is 0 Å². The van der Waals surface area contributed by atoms with Gasteiger partial charge in [-0.25, -0.2) is 0 Å². The zero-order valence-electron chi connectivity index (χ0n) is 20.3. The number of hydrogen-bond donors (Lipinski definition) is 2. The van der Waals surface area contributed by atoms with Gasteiger partial charge in [0.25, 0.3) is 0 Å². The SMILES string of the molecule is C=C[C@]1(C)O[C@]2(C)[C@@H](OC(C)=O)[C@@H](OC(C)=O)[C@H]3C(C)(C)CC[C@H](O)[C@]3(C)[C@@]2(O)C(=O)C1=O. The molecule has 1 saturated heterocycles. The molecule has 0 radical (unpaired) electrons. The van der Waals surface area contributed by atoms with Crippen molar-refractivity contribution in [1.29, 1.82) is 0 Å². The fraction of sp³-hybridized carbons (Fsp3) is 0.750. The van der Waals surface area contributed by atoms with Crippen molar-refractivity contribution in [2.24, 2.45) is 16.7 Å². The van der Waals surface area contributed by atoms with E-state index in [0.717, 1.165) is 13.0 Å². The summed E-state index contributed by atoms with van der Waals surface area (Å²) in [5, 5.41) is 23.6. The fourth-order valence-corrected chi connectivity index (χ4v) is 6.76. The molecule has 0 bridgehead atoms. The van der Waals surface area contributed by atoms with Crippen molar-refractivity contribution in [3.8, 4) is 0 Å². The van der Waals surface area contributed by atoms with Crippen molar-refractivity contribution in [1.82, 2.24) is 0 Å². The van der Waals surface area contributed by atoms with Gasteiger partial charge in [-0.2, -0.15) is 0 Å². The molecular weight excluding hydrogens is 432 g/mol. The lowest BCUT2D eigenvalue weighted by Crippen LogP contribution is -2.88. The molecule has 8 atom stereocenters. The van der Waals surface area contributed by atoms with E-state index >= 15 is 0 Å². The first-order chi connectivity index (χ1) is 14.9. The highest BCUT2D eigenvalue weighted by Gasteiger charge is 2.83. The lowest BCUT2D eigenvalue weighted by molar-refractivity contribution is -0.363. The van der Waals surface area contributed by atoms with Gasteiger partial charge >= 0.3 is 11.9 Å². The first kappa shape index (κ1) is 25.5. The average Bonchev–Trinajstić information content (AvgIpc) is 2.69. The molecule has 0 unspecified atom stereocenters. The summed E-state index contributed by atoms with van der Waals surface area (Å²) in [6.45, 7) is 13.8. The molecule has 1 aliphatic heterocycles. The summed E-state index contributed by atoms with van der Waals surface area (Å²) in [6.07, 6.45) is -2.04. The number of hydrogen-bond acceptors (Lipinski definition) is 9. The van der Waals surface area contributed by atoms with Crippen LogP contribution < -0.4 is 0 Å². The second-order valence-corrected chi connectivity index (χ2v) is 10.8. The monoisotopic (exact) mass is 466 g/mol. The van der Waals surface area contributed by atoms with Crippen LogP contribution in [0.1, 0.15) is 61.3 Å². The van der Waals surface area contributed by atoms with Crippen LogP contribution in [0, 0.1) is 16.7 Å². The minimum absolute atomic E-state index is 0.226. The summed E-state index contributed by atoms with van der Waals surface area (Å²) >= 11 is 0. The molecule has 2 aliphatic carbocycles. The number of aliphatic hydroxyl groups excluding tert-OH is 1. The third-order valence-corrected chi connectivity index (χ3v) is 8.30. The van der Waals surface area contributed by atoms with E-state index in [1.54, 1.807) is 0 Å². The number of aliphatic hydroxyl groups is 2. The van der Waals surface area contributed by atoms with Gasteiger partial charge in [0, 0.05) is 25.2 Å². The number of rotatable bonds is 3. The van der Waals surface area contributed by atoms with Crippen LogP contribution in [0.5, 0.6) is 0 Å². The molecule has 9 nitrogen and oxygen atoms in total. The van der Waals surface area contributed by atoms with Crippen LogP contribution >= 0.6 is 0 Å². The van der Waals surface area contributed by atoms with E-state index in [9.17, 15) is 29.4 Å². The molecule has 3 fully saturated rings. The van der Waals surface area contributed by atoms with Gasteiger partial charge in [-0.3, -0.25) is 19.2 Å². The minimum atomic E-state index is -2.60. The van der Waals surface area contributed by atoms with Gasteiger partial charge in [-0.1, -0.05) is 33.4 Å². The molecule has 0 aromatic heterocycles. The normalized spacial score (nSPS) is 46.6. The number of ketones is 2. The molecule has 0 spiro atoms. The summed E-state index contributed by atoms with van der Waals surface area (Å²) in [6, 6.07) is 0. The number of carbonyl (C=O) groups excluding carboxylic acids is 4. The fourth-order valence-electron chi connectivity index (χ4n) is 6.76. The number of carbonyl (C=O) groups is 4. The topological polar surface area (TPSA) is 136 Å². The largest absolute Gasteiger partial charge is 0.458 e. The van der Waals surface area contributed by atoms with Crippen LogP contribution in [-0.2, 0) is 33.4 Å². The van der Waals surface area contributed by atoms with Gasteiger partial charge in [0.1, 0.15) is 11.7 Å². The summed E-state index contributed by atoms with van der Waals surface area (Å²) in [7, 11) is 0. The highest BCUT2D eigenvalue weighted by molar-refractivity contribution is 6.44. The van der Waals surface area contributed by atoms with Gasteiger partial charge in [-0.15, -0.1) is 0 Å². The molecule has 1 heterocycles. The third kappa shape index (κ3) is 3.08. The Labute approximate surface area is 193 Å². The number of esters is 2. The van der Waals surface area contributed by atoms with Crippen LogP contribution in [-0.4, -0.2) is 68.8 Å². The maximum absolute atomic E-state index is 13.8. The Morgan fingerprint density at radius 3 is 2.09 bits per heavy atom. The smallest absolute Gasteiger partial charge is 0.303 e. The van der Waals surface area contributed by atoms with Crippen LogP contribution in [0.2, 0.25) is 0 Å². The van der Waals surface area contributed by atoms with Crippen molar-refractivity contribution in [3.63, 3.8) is 0 Å². The summed E-state index contributed by atoms with van der Waals surface area (Å²) in [5.74, 6) is -4.49. The van der Waals surface area contributed by atoms with Crippen molar-refractivity contribution >= 4 is 23.5 Å². The molecule has 3 rings (SSSR count). The quantitative estimate of drug-likeness (QED) is 0.358. The zero-order chi connectivity index (χ0) is 25.4. The Kier molecular flexibility index (Phi) is 5.76. The van der Waals surface area contributed by atoms with E-state index < -0.39 is 75.4 Å². The highest BCUT2D eigenvalue weighted by atomic mass is 16.6. The molecule has 0 aromatic carbocycles. The van der Waals surface area contributed by atoms with Crippen molar-refractivity contribution < 1.29 is 43.6 Å². The van der Waals surface area contributed by atoms with E-state index in [2.05, 4.69) is 6.58 Å². The van der Waals surface area contributed by atoms with Crippen LogP contribution in [0.25, 0.3) is 0 Å². The van der Waals surface area contributed by atoms with Gasteiger partial charge in [0.2, 0.25) is 11.6 Å². The Hall–Kier alpha value is -2.10. The molecule has 184 valence electrons. The number of Topliss-reactive ketones (excluding diaryl/α,β-unsaturated/α-hetero) is 2. The molecule has 3 aliphatic rings. The van der Waals surface area contributed by atoms with Gasteiger partial charge in [0.05, 0.1) is 6.10 Å². The van der Waals surface area contributed by atoms with Gasteiger partial charge in [-0.05, 0) is 32.1 Å². The summed E-state index contributed by atoms with van der Waals surface area (Å²) < 4.78 is 17.4. The lowest BCUT2D eigenvalue weighted by atomic mass is 9.39. The van der Waals surface area contributed by atoms with Crippen LogP contribution in [0.15, 0.2) is 12.7 Å². The number of fused-ring (bicyclic) bond motifs is 3. The van der Waals surface area contributed by atoms with E-state index in [4.69, 9.17) is 14.2 Å². The second kappa shape index (κ2) is 7.45. The molecule has 0 amide bonds. The van der Waals surface area contributed by atoms with Crippen molar-refractivity contribution in [2.75, 3.05) is 0 Å². The van der Waals surface area contributed by atoms with Gasteiger partial charge < -0.3 is 24.4 Å². The maximum atomic E-state index is 13.8. The zero-order valence-corrected chi connectivity index (χ0v) is 20.3. The van der Waals surface area contributed by atoms with Gasteiger partial charge in [0.15, 0.2) is 17.3 Å². The maximum Gasteiger partial charge on any atom is 0.303 e. The van der Waals surface area contributed by atoms with E-state index in [-0.39, 0.29) is 6.42 Å². The Morgan fingerprint density at radius 1 is 1.06 bits per heavy atom. The first-order valence-corrected chi connectivity index (χ1v) is 11.1. The second-order valence-electron chi connectivity index (χ2n) is 10.8. The van der Waals surface area contributed by atoms with Crippen molar-refractivity contribution in [3.05, 3.63) is 12.7 Å². The van der Waals surface area contributed by atoms with Crippen LogP contribution in [0.3, 0.4) is 0 Å².